The number of terminal acetylenes is 1. The van der Waals surface area contributed by atoms with Crippen LogP contribution in [0.15, 0.2) is 16.8 Å². The average molecular weight is 165 g/mol. The zero-order chi connectivity index (χ0) is 7.94. The second-order valence-corrected chi connectivity index (χ2v) is 3.04. The van der Waals surface area contributed by atoms with Gasteiger partial charge in [-0.1, -0.05) is 5.92 Å². The van der Waals surface area contributed by atoms with Gasteiger partial charge in [0.25, 0.3) is 0 Å². The van der Waals surface area contributed by atoms with Crippen LogP contribution in [0.1, 0.15) is 5.56 Å². The van der Waals surface area contributed by atoms with Crippen LogP contribution in [0.3, 0.4) is 0 Å². The molecule has 0 aliphatic heterocycles. The third-order valence-corrected chi connectivity index (χ3v) is 2.13. The predicted octanol–water partition coefficient (Wildman–Crippen LogP) is 1.51. The van der Waals surface area contributed by atoms with Crippen LogP contribution < -0.4 is 5.32 Å². The first-order valence-corrected chi connectivity index (χ1v) is 4.53. The predicted molar refractivity (Wildman–Crippen MR) is 49.7 cm³/mol. The van der Waals surface area contributed by atoms with Crippen molar-refractivity contribution in [2.24, 2.45) is 0 Å². The number of nitrogens with one attached hydrogen (secondary N) is 1. The van der Waals surface area contributed by atoms with Crippen molar-refractivity contribution in [3.05, 3.63) is 22.4 Å². The highest BCUT2D eigenvalue weighted by atomic mass is 32.1. The smallest absolute Gasteiger partial charge is 0.0573 e. The highest BCUT2D eigenvalue weighted by Crippen LogP contribution is 2.05. The molecule has 0 atom stereocenters. The maximum Gasteiger partial charge on any atom is 0.0573 e. The first-order chi connectivity index (χ1) is 5.43. The number of thiophene rings is 1. The standard InChI is InChI=1S/C9H11NS/c1-2-5-10-6-3-9-4-7-11-8-9/h1,4,7-8,10H,3,5-6H2. The molecule has 1 rings (SSSR count). The number of rotatable bonds is 4. The van der Waals surface area contributed by atoms with E-state index >= 15 is 0 Å². The van der Waals surface area contributed by atoms with Gasteiger partial charge in [0, 0.05) is 6.54 Å². The van der Waals surface area contributed by atoms with Gasteiger partial charge in [-0.3, -0.25) is 0 Å². The molecular formula is C9H11NS. The Balaban J connectivity index is 2.10. The van der Waals surface area contributed by atoms with Crippen LogP contribution in [0.2, 0.25) is 0 Å². The van der Waals surface area contributed by atoms with E-state index in [-0.39, 0.29) is 0 Å². The third-order valence-electron chi connectivity index (χ3n) is 1.40. The monoisotopic (exact) mass is 165 g/mol. The summed E-state index contributed by atoms with van der Waals surface area (Å²) in [6, 6.07) is 2.14. The summed E-state index contributed by atoms with van der Waals surface area (Å²) in [6.07, 6.45) is 6.15. The first-order valence-electron chi connectivity index (χ1n) is 3.58. The van der Waals surface area contributed by atoms with Crippen molar-refractivity contribution in [1.82, 2.24) is 5.32 Å². The van der Waals surface area contributed by atoms with Crippen LogP contribution in [-0.2, 0) is 6.42 Å². The van der Waals surface area contributed by atoms with Gasteiger partial charge in [0.05, 0.1) is 6.54 Å². The van der Waals surface area contributed by atoms with Crippen molar-refractivity contribution in [2.75, 3.05) is 13.1 Å². The SMILES string of the molecule is C#CCNCCc1ccsc1. The molecule has 0 amide bonds. The molecule has 1 nitrogen and oxygen atoms in total. The molecule has 0 radical (unpaired) electrons. The number of hydrogen-bond donors (Lipinski definition) is 1. The lowest BCUT2D eigenvalue weighted by atomic mass is 10.2. The lowest BCUT2D eigenvalue weighted by Gasteiger charge is -1.97. The van der Waals surface area contributed by atoms with E-state index in [9.17, 15) is 0 Å². The molecule has 0 saturated heterocycles. The lowest BCUT2D eigenvalue weighted by molar-refractivity contribution is 0.754. The van der Waals surface area contributed by atoms with Crippen LogP contribution in [0, 0.1) is 12.3 Å². The van der Waals surface area contributed by atoms with Crippen molar-refractivity contribution in [3.63, 3.8) is 0 Å². The highest BCUT2D eigenvalue weighted by Gasteiger charge is 1.90. The molecule has 0 aliphatic rings. The van der Waals surface area contributed by atoms with Gasteiger partial charge in [-0.25, -0.2) is 0 Å². The largest absolute Gasteiger partial charge is 0.306 e. The van der Waals surface area contributed by atoms with Crippen LogP contribution in [0.4, 0.5) is 0 Å². The molecule has 0 saturated carbocycles. The van der Waals surface area contributed by atoms with E-state index in [1.807, 2.05) is 0 Å². The van der Waals surface area contributed by atoms with E-state index in [4.69, 9.17) is 6.42 Å². The third kappa shape index (κ3) is 3.22. The van der Waals surface area contributed by atoms with Crippen LogP contribution in [-0.4, -0.2) is 13.1 Å². The number of hydrogen-bond acceptors (Lipinski definition) is 2. The molecule has 0 unspecified atom stereocenters. The molecule has 1 aromatic rings. The fraction of sp³-hybridized carbons (Fsp3) is 0.333. The molecule has 0 fully saturated rings. The summed E-state index contributed by atoms with van der Waals surface area (Å²) in [4.78, 5) is 0. The first kappa shape index (κ1) is 8.32. The minimum Gasteiger partial charge on any atom is -0.306 e. The summed E-state index contributed by atoms with van der Waals surface area (Å²) >= 11 is 1.74. The maximum atomic E-state index is 5.08. The fourth-order valence-corrected chi connectivity index (χ4v) is 1.53. The van der Waals surface area contributed by atoms with E-state index in [1.54, 1.807) is 11.3 Å². The van der Waals surface area contributed by atoms with Crippen LogP contribution >= 0.6 is 11.3 Å². The summed E-state index contributed by atoms with van der Waals surface area (Å²) in [5.41, 5.74) is 1.39. The topological polar surface area (TPSA) is 12.0 Å². The van der Waals surface area contributed by atoms with Crippen LogP contribution in [0.25, 0.3) is 0 Å². The maximum absolute atomic E-state index is 5.08. The van der Waals surface area contributed by atoms with Gasteiger partial charge in [0.15, 0.2) is 0 Å². The van der Waals surface area contributed by atoms with Crippen molar-refractivity contribution in [2.45, 2.75) is 6.42 Å². The zero-order valence-corrected chi connectivity index (χ0v) is 7.16. The van der Waals surface area contributed by atoms with E-state index in [0.29, 0.717) is 6.54 Å². The van der Waals surface area contributed by atoms with Gasteiger partial charge in [0.1, 0.15) is 0 Å². The van der Waals surface area contributed by atoms with Gasteiger partial charge in [-0.15, -0.1) is 6.42 Å². The molecule has 58 valence electrons. The van der Waals surface area contributed by atoms with Crippen molar-refractivity contribution >= 4 is 11.3 Å². The van der Waals surface area contributed by atoms with E-state index < -0.39 is 0 Å². The Morgan fingerprint density at radius 1 is 1.64 bits per heavy atom. The molecule has 1 heterocycles. The Kier molecular flexibility index (Phi) is 3.74. The van der Waals surface area contributed by atoms with Crippen LogP contribution in [0.5, 0.6) is 0 Å². The van der Waals surface area contributed by atoms with Crippen molar-refractivity contribution in [3.8, 4) is 12.3 Å². The van der Waals surface area contributed by atoms with Crippen molar-refractivity contribution < 1.29 is 0 Å². The molecule has 0 spiro atoms. The molecule has 1 N–H and O–H groups in total. The average Bonchev–Trinajstić information content (AvgIpc) is 2.50. The van der Waals surface area contributed by atoms with Gasteiger partial charge in [0.2, 0.25) is 0 Å². The highest BCUT2D eigenvalue weighted by molar-refractivity contribution is 7.07. The van der Waals surface area contributed by atoms with Gasteiger partial charge < -0.3 is 5.32 Å². The van der Waals surface area contributed by atoms with Crippen molar-refractivity contribution in [1.29, 1.82) is 0 Å². The van der Waals surface area contributed by atoms with Gasteiger partial charge >= 0.3 is 0 Å². The molecule has 1 aromatic heterocycles. The zero-order valence-electron chi connectivity index (χ0n) is 6.34. The normalized spacial score (nSPS) is 9.36. The minimum atomic E-state index is 0.671. The Morgan fingerprint density at radius 2 is 2.55 bits per heavy atom. The molecule has 0 bridgehead atoms. The molecule has 11 heavy (non-hydrogen) atoms. The fourth-order valence-electron chi connectivity index (χ4n) is 0.828. The summed E-state index contributed by atoms with van der Waals surface area (Å²) in [7, 11) is 0. The summed E-state index contributed by atoms with van der Waals surface area (Å²) in [5.74, 6) is 2.54. The Hall–Kier alpha value is -0.780. The molecule has 0 aromatic carbocycles. The van der Waals surface area contributed by atoms with E-state index in [1.165, 1.54) is 5.56 Å². The Morgan fingerprint density at radius 3 is 3.18 bits per heavy atom. The summed E-state index contributed by atoms with van der Waals surface area (Å²) in [5, 5.41) is 7.40. The van der Waals surface area contributed by atoms with E-state index in [0.717, 1.165) is 13.0 Å². The summed E-state index contributed by atoms with van der Waals surface area (Å²) in [6.45, 7) is 1.64. The Labute approximate surface area is 71.4 Å². The van der Waals surface area contributed by atoms with Gasteiger partial charge in [-0.2, -0.15) is 11.3 Å². The minimum absolute atomic E-state index is 0.671. The Bertz CT molecular complexity index is 220. The second kappa shape index (κ2) is 4.95. The molecular weight excluding hydrogens is 154 g/mol. The quantitative estimate of drug-likeness (QED) is 0.527. The van der Waals surface area contributed by atoms with E-state index in [2.05, 4.69) is 28.1 Å². The van der Waals surface area contributed by atoms with Gasteiger partial charge in [-0.05, 0) is 28.8 Å². The lowest BCUT2D eigenvalue weighted by Crippen LogP contribution is -2.16. The summed E-state index contributed by atoms with van der Waals surface area (Å²) < 4.78 is 0. The molecule has 2 heteroatoms. The second-order valence-electron chi connectivity index (χ2n) is 2.26. The molecule has 0 aliphatic carbocycles.